The number of rotatable bonds is 9. The Morgan fingerprint density at radius 2 is 2.09 bits per heavy atom. The molecule has 22 heavy (non-hydrogen) atoms. The summed E-state index contributed by atoms with van der Waals surface area (Å²) in [6, 6.07) is -0.607. The van der Waals surface area contributed by atoms with Gasteiger partial charge in [-0.25, -0.2) is 4.79 Å². The zero-order valence-corrected chi connectivity index (χ0v) is 14.8. The molecule has 0 fully saturated rings. The second-order valence-corrected chi connectivity index (χ2v) is 7.16. The van der Waals surface area contributed by atoms with Crippen molar-refractivity contribution in [3.8, 4) is 0 Å². The van der Waals surface area contributed by atoms with Crippen molar-refractivity contribution in [3.05, 3.63) is 0 Å². The lowest BCUT2D eigenvalue weighted by Crippen LogP contribution is -2.43. The van der Waals surface area contributed by atoms with E-state index in [4.69, 9.17) is 4.74 Å². The van der Waals surface area contributed by atoms with Gasteiger partial charge in [-0.15, -0.1) is 10.2 Å². The fourth-order valence-corrected chi connectivity index (χ4v) is 3.31. The summed E-state index contributed by atoms with van der Waals surface area (Å²) in [7, 11) is 1.32. The van der Waals surface area contributed by atoms with Crippen LogP contribution in [0.3, 0.4) is 0 Å². The second kappa shape index (κ2) is 9.62. The van der Waals surface area contributed by atoms with E-state index in [1.165, 1.54) is 30.2 Å². The molecule has 1 rings (SSSR count). The van der Waals surface area contributed by atoms with Crippen LogP contribution in [0, 0.1) is 5.92 Å². The average Bonchev–Trinajstić information content (AvgIpc) is 2.91. The first-order valence-electron chi connectivity index (χ1n) is 7.03. The first-order chi connectivity index (χ1) is 10.5. The van der Waals surface area contributed by atoms with Crippen molar-refractivity contribution in [2.45, 2.75) is 37.6 Å². The Morgan fingerprint density at radius 1 is 1.36 bits per heavy atom. The Bertz CT molecular complexity index is 493. The van der Waals surface area contributed by atoms with E-state index in [2.05, 4.69) is 20.8 Å². The van der Waals surface area contributed by atoms with Gasteiger partial charge in [-0.1, -0.05) is 36.9 Å². The molecule has 0 aliphatic carbocycles. The van der Waals surface area contributed by atoms with Crippen molar-refractivity contribution in [1.29, 1.82) is 0 Å². The number of carbonyl (C=O) groups excluding carboxylic acids is 2. The number of aromatic nitrogens is 2. The minimum atomic E-state index is -0.607. The highest BCUT2D eigenvalue weighted by molar-refractivity contribution is 8.01. The largest absolute Gasteiger partial charge is 0.467 e. The number of nitrogens with zero attached hydrogens (tertiary/aromatic N) is 2. The van der Waals surface area contributed by atoms with Crippen LogP contribution in [0.2, 0.25) is 0 Å². The highest BCUT2D eigenvalue weighted by atomic mass is 32.2. The van der Waals surface area contributed by atoms with Gasteiger partial charge in [0, 0.05) is 6.54 Å². The van der Waals surface area contributed by atoms with Crippen molar-refractivity contribution >= 4 is 40.1 Å². The lowest BCUT2D eigenvalue weighted by atomic mass is 10.0. The molecule has 2 N–H and O–H groups in total. The lowest BCUT2D eigenvalue weighted by molar-refractivity contribution is -0.145. The van der Waals surface area contributed by atoms with Gasteiger partial charge < -0.3 is 15.4 Å². The molecule has 124 valence electrons. The Morgan fingerprint density at radius 3 is 2.68 bits per heavy atom. The smallest absolute Gasteiger partial charge is 0.328 e. The number of hydrogen-bond acceptors (Lipinski definition) is 8. The number of nitrogens with one attached hydrogen (secondary N) is 2. The summed E-state index contributed by atoms with van der Waals surface area (Å²) < 4.78 is 5.43. The summed E-state index contributed by atoms with van der Waals surface area (Å²) >= 11 is 2.69. The van der Waals surface area contributed by atoms with Crippen LogP contribution in [0.15, 0.2) is 4.34 Å². The van der Waals surface area contributed by atoms with Gasteiger partial charge in [0.15, 0.2) is 4.34 Å². The topological polar surface area (TPSA) is 93.2 Å². The predicted molar refractivity (Wildman–Crippen MR) is 88.2 cm³/mol. The molecule has 0 aliphatic rings. The van der Waals surface area contributed by atoms with E-state index in [-0.39, 0.29) is 17.6 Å². The highest BCUT2D eigenvalue weighted by Gasteiger charge is 2.22. The first-order valence-corrected chi connectivity index (χ1v) is 8.83. The minimum Gasteiger partial charge on any atom is -0.467 e. The number of hydrogen-bond donors (Lipinski definition) is 2. The number of ether oxygens (including phenoxy) is 1. The summed E-state index contributed by atoms with van der Waals surface area (Å²) in [4.78, 5) is 23.6. The van der Waals surface area contributed by atoms with Crippen LogP contribution in [0.4, 0.5) is 5.13 Å². The van der Waals surface area contributed by atoms with Crippen molar-refractivity contribution in [3.63, 3.8) is 0 Å². The first kappa shape index (κ1) is 18.7. The molecule has 0 saturated heterocycles. The maximum Gasteiger partial charge on any atom is 0.328 e. The van der Waals surface area contributed by atoms with Gasteiger partial charge in [0.1, 0.15) is 6.04 Å². The lowest BCUT2D eigenvalue weighted by Gasteiger charge is -2.17. The van der Waals surface area contributed by atoms with E-state index in [1.54, 1.807) is 0 Å². The fraction of sp³-hybridized carbons (Fsp3) is 0.692. The van der Waals surface area contributed by atoms with Gasteiger partial charge in [0.05, 0.1) is 12.9 Å². The molecular weight excluding hydrogens is 324 g/mol. The summed E-state index contributed by atoms with van der Waals surface area (Å²) in [5, 5.41) is 14.4. The number of anilines is 1. The van der Waals surface area contributed by atoms with E-state index < -0.39 is 12.0 Å². The molecule has 0 spiro atoms. The third-order valence-corrected chi connectivity index (χ3v) is 4.60. The number of amides is 1. The van der Waals surface area contributed by atoms with Gasteiger partial charge in [0.2, 0.25) is 11.0 Å². The van der Waals surface area contributed by atoms with Crippen LogP contribution < -0.4 is 10.6 Å². The predicted octanol–water partition coefficient (Wildman–Crippen LogP) is 1.77. The summed E-state index contributed by atoms with van der Waals surface area (Å²) in [6.45, 7) is 6.72. The Balaban J connectivity index is 2.46. The molecule has 0 saturated carbocycles. The van der Waals surface area contributed by atoms with Crippen LogP contribution >= 0.6 is 23.1 Å². The normalized spacial score (nSPS) is 12.0. The molecule has 1 amide bonds. The van der Waals surface area contributed by atoms with Crippen molar-refractivity contribution in [2.75, 3.05) is 24.7 Å². The molecule has 7 nitrogen and oxygen atoms in total. The van der Waals surface area contributed by atoms with E-state index >= 15 is 0 Å². The number of carbonyl (C=O) groups is 2. The van der Waals surface area contributed by atoms with Gasteiger partial charge in [-0.3, -0.25) is 4.79 Å². The molecule has 0 unspecified atom stereocenters. The van der Waals surface area contributed by atoms with Crippen LogP contribution in [-0.2, 0) is 14.3 Å². The molecule has 0 bridgehead atoms. The van der Waals surface area contributed by atoms with E-state index in [0.29, 0.717) is 10.8 Å². The Kier molecular flexibility index (Phi) is 8.18. The van der Waals surface area contributed by atoms with Gasteiger partial charge >= 0.3 is 5.97 Å². The third-order valence-electron chi connectivity index (χ3n) is 2.59. The molecule has 0 aromatic carbocycles. The van der Waals surface area contributed by atoms with Crippen molar-refractivity contribution in [2.24, 2.45) is 5.92 Å². The zero-order chi connectivity index (χ0) is 16.5. The number of thioether (sulfide) groups is 1. The van der Waals surface area contributed by atoms with Crippen molar-refractivity contribution < 1.29 is 14.3 Å². The summed E-state index contributed by atoms with van der Waals surface area (Å²) in [5.41, 5.74) is 0. The fourth-order valence-electron chi connectivity index (χ4n) is 1.68. The summed E-state index contributed by atoms with van der Waals surface area (Å²) in [6.07, 6.45) is 0.548. The van der Waals surface area contributed by atoms with Crippen molar-refractivity contribution in [1.82, 2.24) is 15.5 Å². The Hall–Kier alpha value is -1.35. The monoisotopic (exact) mass is 346 g/mol. The maximum atomic E-state index is 12.0. The number of esters is 1. The van der Waals surface area contributed by atoms with Crippen LogP contribution in [-0.4, -0.2) is 47.5 Å². The summed E-state index contributed by atoms with van der Waals surface area (Å²) in [5.74, 6) is -0.173. The third kappa shape index (κ3) is 6.61. The van der Waals surface area contributed by atoms with Crippen LogP contribution in [0.25, 0.3) is 0 Å². The molecule has 1 aromatic heterocycles. The van der Waals surface area contributed by atoms with E-state index in [9.17, 15) is 9.59 Å². The minimum absolute atomic E-state index is 0.187. The SMILES string of the molecule is CCNc1nnc(SCC(=O)N[C@H](CC(C)C)C(=O)OC)s1. The maximum absolute atomic E-state index is 12.0. The average molecular weight is 346 g/mol. The Labute approximate surface area is 138 Å². The molecule has 1 aromatic rings. The van der Waals surface area contributed by atoms with Crippen LogP contribution in [0.5, 0.6) is 0 Å². The number of methoxy groups -OCH3 is 1. The molecular formula is C13H22N4O3S2. The van der Waals surface area contributed by atoms with E-state index in [1.807, 2.05) is 20.8 Å². The van der Waals surface area contributed by atoms with E-state index in [0.717, 1.165) is 11.7 Å². The van der Waals surface area contributed by atoms with Gasteiger partial charge in [-0.05, 0) is 19.3 Å². The van der Waals surface area contributed by atoms with Gasteiger partial charge in [-0.2, -0.15) is 0 Å². The second-order valence-electron chi connectivity index (χ2n) is 4.96. The molecule has 0 aliphatic heterocycles. The van der Waals surface area contributed by atoms with Crippen LogP contribution in [0.1, 0.15) is 27.2 Å². The molecule has 0 radical (unpaired) electrons. The molecule has 1 heterocycles. The standard InChI is InChI=1S/C13H22N4O3S2/c1-5-14-12-16-17-13(22-12)21-7-10(18)15-9(6-8(2)3)11(19)20-4/h8-9H,5-7H2,1-4H3,(H,14,16)(H,15,18)/t9-/m1/s1. The highest BCUT2D eigenvalue weighted by Crippen LogP contribution is 2.25. The van der Waals surface area contributed by atoms with Gasteiger partial charge in [0.25, 0.3) is 0 Å². The molecule has 1 atom stereocenters. The molecule has 9 heteroatoms. The zero-order valence-electron chi connectivity index (χ0n) is 13.2. The quantitative estimate of drug-likeness (QED) is 0.520.